The number of carbonyl (C=O) groups is 1. The summed E-state index contributed by atoms with van der Waals surface area (Å²) < 4.78 is 0. The van der Waals surface area contributed by atoms with Crippen molar-refractivity contribution in [3.05, 3.63) is 22.8 Å². The van der Waals surface area contributed by atoms with E-state index >= 15 is 0 Å². The molecule has 1 aromatic rings. The van der Waals surface area contributed by atoms with Crippen molar-refractivity contribution in [1.29, 1.82) is 0 Å². The first-order chi connectivity index (χ1) is 8.10. The van der Waals surface area contributed by atoms with Crippen LogP contribution in [0, 0.1) is 0 Å². The zero-order valence-corrected chi connectivity index (χ0v) is 9.76. The second-order valence-corrected chi connectivity index (χ2v) is 3.65. The molecule has 3 N–H and O–H groups in total. The summed E-state index contributed by atoms with van der Waals surface area (Å²) in [5.41, 5.74) is -0.245. The van der Waals surface area contributed by atoms with Gasteiger partial charge in [0.25, 0.3) is 0 Å². The molecule has 1 heterocycles. The normalized spacial score (nSPS) is 10.3. The molecule has 6 nitrogen and oxygen atoms in total. The number of aliphatic hydroxyl groups excluding tert-OH is 2. The quantitative estimate of drug-likeness (QED) is 0.678. The Morgan fingerprint density at radius 1 is 1.29 bits per heavy atom. The highest BCUT2D eigenvalue weighted by molar-refractivity contribution is 6.33. The van der Waals surface area contributed by atoms with Crippen LogP contribution in [0.2, 0.25) is 5.02 Å². The molecule has 0 aliphatic carbocycles. The Labute approximate surface area is 103 Å². The smallest absolute Gasteiger partial charge is 0.356 e. The molecule has 1 aromatic heterocycles. The van der Waals surface area contributed by atoms with E-state index in [0.717, 1.165) is 0 Å². The van der Waals surface area contributed by atoms with Gasteiger partial charge in [-0.25, -0.2) is 9.78 Å². The minimum Gasteiger partial charge on any atom is -0.476 e. The summed E-state index contributed by atoms with van der Waals surface area (Å²) in [6.45, 7) is 0.280. The molecule has 0 aliphatic heterocycles. The topological polar surface area (TPSA) is 93.9 Å². The van der Waals surface area contributed by atoms with Gasteiger partial charge < -0.3 is 20.2 Å². The fraction of sp³-hybridized carbons (Fsp3) is 0.400. The molecule has 94 valence electrons. The molecule has 0 aliphatic rings. The second kappa shape index (κ2) is 6.39. The molecule has 0 spiro atoms. The van der Waals surface area contributed by atoms with Crippen LogP contribution < -0.4 is 4.90 Å². The standard InChI is InChI=1S/C10H13ClN2O4/c11-7-1-2-8(12-9(7)10(16)17)13(3-5-14)4-6-15/h1-2,14-15H,3-6H2,(H,16,17). The van der Waals surface area contributed by atoms with E-state index < -0.39 is 5.97 Å². The maximum Gasteiger partial charge on any atom is 0.356 e. The second-order valence-electron chi connectivity index (χ2n) is 3.24. The molecule has 0 atom stereocenters. The first-order valence-electron chi connectivity index (χ1n) is 4.96. The van der Waals surface area contributed by atoms with Crippen LogP contribution in [0.25, 0.3) is 0 Å². The van der Waals surface area contributed by atoms with Gasteiger partial charge in [-0.2, -0.15) is 0 Å². The third-order valence-electron chi connectivity index (χ3n) is 2.10. The monoisotopic (exact) mass is 260 g/mol. The van der Waals surface area contributed by atoms with Gasteiger partial charge in [0.2, 0.25) is 0 Å². The number of rotatable bonds is 6. The third kappa shape index (κ3) is 3.55. The van der Waals surface area contributed by atoms with E-state index in [-0.39, 0.29) is 37.0 Å². The highest BCUT2D eigenvalue weighted by atomic mass is 35.5. The van der Waals surface area contributed by atoms with E-state index in [2.05, 4.69) is 4.98 Å². The van der Waals surface area contributed by atoms with Gasteiger partial charge in [0.1, 0.15) is 5.82 Å². The summed E-state index contributed by atoms with van der Waals surface area (Å²) in [6, 6.07) is 2.97. The van der Waals surface area contributed by atoms with E-state index in [1.54, 1.807) is 11.0 Å². The summed E-state index contributed by atoms with van der Waals surface area (Å²) in [6.07, 6.45) is 0. The Balaban J connectivity index is 3.03. The lowest BCUT2D eigenvalue weighted by Crippen LogP contribution is -2.30. The molecule has 17 heavy (non-hydrogen) atoms. The van der Waals surface area contributed by atoms with E-state index in [9.17, 15) is 4.79 Å². The van der Waals surface area contributed by atoms with Gasteiger partial charge in [0.15, 0.2) is 5.69 Å². The van der Waals surface area contributed by atoms with Crippen LogP contribution >= 0.6 is 11.6 Å². The minimum absolute atomic E-state index is 0.0502. The Kier molecular flexibility index (Phi) is 5.14. The van der Waals surface area contributed by atoms with Crippen molar-refractivity contribution in [2.45, 2.75) is 0 Å². The largest absolute Gasteiger partial charge is 0.476 e. The third-order valence-corrected chi connectivity index (χ3v) is 2.40. The van der Waals surface area contributed by atoms with Crippen molar-refractivity contribution < 1.29 is 20.1 Å². The lowest BCUT2D eigenvalue weighted by atomic mass is 10.3. The SMILES string of the molecule is O=C(O)c1nc(N(CCO)CCO)ccc1Cl. The lowest BCUT2D eigenvalue weighted by molar-refractivity contribution is 0.0691. The van der Waals surface area contributed by atoms with Crippen LogP contribution in [-0.4, -0.2) is 52.6 Å². The van der Waals surface area contributed by atoms with Crippen molar-refractivity contribution in [3.63, 3.8) is 0 Å². The average Bonchev–Trinajstić information content (AvgIpc) is 2.29. The van der Waals surface area contributed by atoms with Crippen LogP contribution in [0.5, 0.6) is 0 Å². The molecule has 7 heteroatoms. The van der Waals surface area contributed by atoms with E-state index in [1.165, 1.54) is 6.07 Å². The fourth-order valence-corrected chi connectivity index (χ4v) is 1.53. The van der Waals surface area contributed by atoms with Crippen molar-refractivity contribution in [2.24, 2.45) is 0 Å². The van der Waals surface area contributed by atoms with Gasteiger partial charge >= 0.3 is 5.97 Å². The maximum absolute atomic E-state index is 10.8. The maximum atomic E-state index is 10.8. The molecule has 0 aromatic carbocycles. The Morgan fingerprint density at radius 2 is 1.88 bits per heavy atom. The number of pyridine rings is 1. The first kappa shape index (κ1) is 13.7. The lowest BCUT2D eigenvalue weighted by Gasteiger charge is -2.21. The van der Waals surface area contributed by atoms with Gasteiger partial charge in [0, 0.05) is 13.1 Å². The van der Waals surface area contributed by atoms with Gasteiger partial charge in [-0.1, -0.05) is 11.6 Å². The molecular weight excluding hydrogens is 248 g/mol. The van der Waals surface area contributed by atoms with Crippen LogP contribution in [0.1, 0.15) is 10.5 Å². The summed E-state index contributed by atoms with van der Waals surface area (Å²) >= 11 is 5.69. The fourth-order valence-electron chi connectivity index (χ4n) is 1.34. The first-order valence-corrected chi connectivity index (χ1v) is 5.34. The minimum atomic E-state index is -1.22. The molecule has 0 fully saturated rings. The summed E-state index contributed by atoms with van der Waals surface area (Å²) in [5, 5.41) is 26.6. The van der Waals surface area contributed by atoms with Crippen molar-refractivity contribution >= 4 is 23.4 Å². The number of hydrogen-bond donors (Lipinski definition) is 3. The van der Waals surface area contributed by atoms with Gasteiger partial charge in [-0.05, 0) is 12.1 Å². The van der Waals surface area contributed by atoms with Crippen molar-refractivity contribution in [2.75, 3.05) is 31.2 Å². The average molecular weight is 261 g/mol. The molecule has 0 radical (unpaired) electrons. The highest BCUT2D eigenvalue weighted by Gasteiger charge is 2.14. The van der Waals surface area contributed by atoms with E-state index in [0.29, 0.717) is 5.82 Å². The number of aromatic carboxylic acids is 1. The van der Waals surface area contributed by atoms with Crippen LogP contribution in [0.15, 0.2) is 12.1 Å². The van der Waals surface area contributed by atoms with Gasteiger partial charge in [-0.15, -0.1) is 0 Å². The number of carboxylic acids is 1. The number of carboxylic acid groups (broad SMARTS) is 1. The summed E-state index contributed by atoms with van der Waals surface area (Å²) in [7, 11) is 0. The molecule has 0 unspecified atom stereocenters. The summed E-state index contributed by atoms with van der Waals surface area (Å²) in [4.78, 5) is 16.3. The van der Waals surface area contributed by atoms with E-state index in [4.69, 9.17) is 26.9 Å². The Hall–Kier alpha value is -1.37. The molecule has 1 rings (SSSR count). The number of halogens is 1. The predicted octanol–water partition coefficient (Wildman–Crippen LogP) is 0.224. The van der Waals surface area contributed by atoms with Crippen LogP contribution in [0.3, 0.4) is 0 Å². The van der Waals surface area contributed by atoms with Gasteiger partial charge in [0.05, 0.1) is 18.2 Å². The Bertz CT molecular complexity index is 394. The van der Waals surface area contributed by atoms with Crippen LogP contribution in [-0.2, 0) is 0 Å². The highest BCUT2D eigenvalue weighted by Crippen LogP contribution is 2.19. The number of anilines is 1. The van der Waals surface area contributed by atoms with Crippen molar-refractivity contribution in [3.8, 4) is 0 Å². The zero-order chi connectivity index (χ0) is 12.8. The Morgan fingerprint density at radius 3 is 2.35 bits per heavy atom. The molecular formula is C10H13ClN2O4. The number of nitrogens with zero attached hydrogens (tertiary/aromatic N) is 2. The molecule has 0 bridgehead atoms. The molecule has 0 amide bonds. The predicted molar refractivity (Wildman–Crippen MR) is 62.6 cm³/mol. The molecule has 0 saturated carbocycles. The number of hydrogen-bond acceptors (Lipinski definition) is 5. The number of aliphatic hydroxyl groups is 2. The zero-order valence-electron chi connectivity index (χ0n) is 9.01. The van der Waals surface area contributed by atoms with Crippen LogP contribution in [0.4, 0.5) is 5.82 Å². The molecule has 0 saturated heterocycles. The van der Waals surface area contributed by atoms with E-state index in [1.807, 2.05) is 0 Å². The van der Waals surface area contributed by atoms with Crippen molar-refractivity contribution in [1.82, 2.24) is 4.98 Å². The number of aromatic nitrogens is 1. The van der Waals surface area contributed by atoms with Gasteiger partial charge in [-0.3, -0.25) is 0 Å². The summed E-state index contributed by atoms with van der Waals surface area (Å²) in [5.74, 6) is -0.861.